The highest BCUT2D eigenvalue weighted by molar-refractivity contribution is 9.10. The third-order valence-electron chi connectivity index (χ3n) is 6.29. The minimum Gasteiger partial charge on any atom is -0.373 e. The van der Waals surface area contributed by atoms with Crippen LogP contribution in [-0.2, 0) is 11.2 Å². The molecule has 0 saturated carbocycles. The van der Waals surface area contributed by atoms with Gasteiger partial charge in [0.1, 0.15) is 6.04 Å². The van der Waals surface area contributed by atoms with Gasteiger partial charge in [-0.05, 0) is 56.5 Å². The normalized spacial score (nSPS) is 24.4. The lowest BCUT2D eigenvalue weighted by atomic mass is 10.0. The van der Waals surface area contributed by atoms with Gasteiger partial charge >= 0.3 is 0 Å². The molecule has 1 aromatic carbocycles. The summed E-state index contributed by atoms with van der Waals surface area (Å²) in [6, 6.07) is 6.28. The van der Waals surface area contributed by atoms with Crippen LogP contribution in [0.3, 0.4) is 0 Å². The molecular weight excluding hydrogens is 404 g/mol. The molecule has 3 aliphatic heterocycles. The summed E-state index contributed by atoms with van der Waals surface area (Å²) in [6.45, 7) is 7.13. The maximum absolute atomic E-state index is 12.7. The second-order valence-corrected chi connectivity index (χ2v) is 9.05. The molecule has 4 rings (SSSR count). The molecule has 3 heterocycles. The van der Waals surface area contributed by atoms with Crippen molar-refractivity contribution in [2.75, 3.05) is 44.6 Å². The van der Waals surface area contributed by atoms with Crippen molar-refractivity contribution >= 4 is 27.5 Å². The number of amides is 1. The average molecular weight is 435 g/mol. The van der Waals surface area contributed by atoms with E-state index in [0.717, 1.165) is 42.5 Å². The fraction of sp³-hybridized carbons (Fsp3) is 0.667. The second-order valence-electron chi connectivity index (χ2n) is 8.19. The number of benzene rings is 1. The van der Waals surface area contributed by atoms with Crippen molar-refractivity contribution in [3.63, 3.8) is 0 Å². The van der Waals surface area contributed by atoms with E-state index in [1.54, 1.807) is 0 Å². The van der Waals surface area contributed by atoms with Gasteiger partial charge in [-0.15, -0.1) is 0 Å². The number of fused-ring (bicyclic) bond motifs is 1. The van der Waals surface area contributed by atoms with E-state index in [9.17, 15) is 4.79 Å². The zero-order valence-electron chi connectivity index (χ0n) is 16.1. The van der Waals surface area contributed by atoms with Gasteiger partial charge in [-0.25, -0.2) is 0 Å². The number of carbonyl (C=O) groups is 1. The molecule has 5 nitrogen and oxygen atoms in total. The molecule has 1 unspecified atom stereocenters. The quantitative estimate of drug-likeness (QED) is 0.747. The molecule has 1 amide bonds. The van der Waals surface area contributed by atoms with E-state index in [4.69, 9.17) is 0 Å². The van der Waals surface area contributed by atoms with Crippen LogP contribution in [0.4, 0.5) is 5.69 Å². The van der Waals surface area contributed by atoms with E-state index in [1.807, 2.05) is 18.2 Å². The van der Waals surface area contributed by atoms with E-state index >= 15 is 0 Å². The van der Waals surface area contributed by atoms with Crippen molar-refractivity contribution in [3.05, 3.63) is 28.2 Å². The fourth-order valence-corrected chi connectivity index (χ4v) is 5.10. The molecular formula is C21H31BrN4O. The molecule has 0 radical (unpaired) electrons. The molecule has 1 atom stereocenters. The van der Waals surface area contributed by atoms with Crippen LogP contribution in [0.15, 0.2) is 22.7 Å². The highest BCUT2D eigenvalue weighted by atomic mass is 79.9. The predicted octanol–water partition coefficient (Wildman–Crippen LogP) is 2.85. The summed E-state index contributed by atoms with van der Waals surface area (Å²) in [5.74, 6) is 0.143. The van der Waals surface area contributed by atoms with Crippen molar-refractivity contribution in [2.24, 2.45) is 0 Å². The Kier molecular flexibility index (Phi) is 6.35. The van der Waals surface area contributed by atoms with Crippen LogP contribution >= 0.6 is 15.9 Å². The number of hydrogen-bond acceptors (Lipinski definition) is 4. The SMILES string of the molecule is O=C(NC1CCN(CCN2CCCCC2)CC1)C1Cc2c(Br)cccc2N1. The number of nitrogens with zero attached hydrogens (tertiary/aromatic N) is 2. The first kappa shape index (κ1) is 19.2. The molecule has 0 aromatic heterocycles. The average Bonchev–Trinajstić information content (AvgIpc) is 3.14. The number of carbonyl (C=O) groups excluding carboxylic acids is 1. The Bertz CT molecular complexity index is 654. The van der Waals surface area contributed by atoms with E-state index in [-0.39, 0.29) is 11.9 Å². The Morgan fingerprint density at radius 3 is 2.48 bits per heavy atom. The summed E-state index contributed by atoms with van der Waals surface area (Å²) < 4.78 is 1.09. The number of halogens is 1. The van der Waals surface area contributed by atoms with Crippen LogP contribution in [0.2, 0.25) is 0 Å². The second kappa shape index (κ2) is 8.93. The highest BCUT2D eigenvalue weighted by Crippen LogP contribution is 2.32. The van der Waals surface area contributed by atoms with Gasteiger partial charge in [0.15, 0.2) is 0 Å². The van der Waals surface area contributed by atoms with Gasteiger partial charge in [-0.1, -0.05) is 28.4 Å². The molecule has 6 heteroatoms. The molecule has 2 fully saturated rings. The predicted molar refractivity (Wildman–Crippen MR) is 113 cm³/mol. The van der Waals surface area contributed by atoms with Crippen LogP contribution in [-0.4, -0.2) is 67.1 Å². The zero-order valence-corrected chi connectivity index (χ0v) is 17.6. The van der Waals surface area contributed by atoms with Crippen molar-refractivity contribution in [1.29, 1.82) is 0 Å². The Hall–Kier alpha value is -1.11. The van der Waals surface area contributed by atoms with Crippen LogP contribution in [0, 0.1) is 0 Å². The lowest BCUT2D eigenvalue weighted by Gasteiger charge is -2.35. The van der Waals surface area contributed by atoms with Crippen molar-refractivity contribution in [3.8, 4) is 0 Å². The van der Waals surface area contributed by atoms with Gasteiger partial charge in [-0.3, -0.25) is 4.79 Å². The third kappa shape index (κ3) is 4.84. The number of anilines is 1. The molecule has 1 aromatic rings. The number of likely N-dealkylation sites (tertiary alicyclic amines) is 2. The van der Waals surface area contributed by atoms with Gasteiger partial charge in [-0.2, -0.15) is 0 Å². The summed E-state index contributed by atoms with van der Waals surface area (Å²) in [5.41, 5.74) is 2.29. The van der Waals surface area contributed by atoms with Gasteiger partial charge in [0.2, 0.25) is 5.91 Å². The first-order valence-corrected chi connectivity index (χ1v) is 11.3. The molecule has 148 valence electrons. The van der Waals surface area contributed by atoms with E-state index in [2.05, 4.69) is 36.4 Å². The van der Waals surface area contributed by atoms with Crippen LogP contribution < -0.4 is 10.6 Å². The lowest BCUT2D eigenvalue weighted by molar-refractivity contribution is -0.122. The van der Waals surface area contributed by atoms with E-state index < -0.39 is 0 Å². The van der Waals surface area contributed by atoms with Crippen LogP contribution in [0.1, 0.15) is 37.7 Å². The number of rotatable bonds is 5. The van der Waals surface area contributed by atoms with Crippen molar-refractivity contribution < 1.29 is 4.79 Å². The summed E-state index contributed by atoms with van der Waals surface area (Å²) in [4.78, 5) is 17.9. The first-order chi connectivity index (χ1) is 13.2. The molecule has 3 aliphatic rings. The van der Waals surface area contributed by atoms with Gasteiger partial charge in [0, 0.05) is 48.8 Å². The maximum atomic E-state index is 12.7. The lowest BCUT2D eigenvalue weighted by Crippen LogP contribution is -2.49. The standard InChI is InChI=1S/C21H31BrN4O/c22-18-5-4-6-19-17(18)15-20(24-19)21(27)23-16-7-11-26(12-8-16)14-13-25-9-2-1-3-10-25/h4-6,16,20,24H,1-3,7-15H2,(H,23,27). The van der Waals surface area contributed by atoms with Crippen molar-refractivity contribution in [2.45, 2.75) is 50.6 Å². The minimum absolute atomic E-state index is 0.143. The molecule has 27 heavy (non-hydrogen) atoms. The first-order valence-electron chi connectivity index (χ1n) is 10.5. The Morgan fingerprint density at radius 1 is 1.07 bits per heavy atom. The van der Waals surface area contributed by atoms with Crippen molar-refractivity contribution in [1.82, 2.24) is 15.1 Å². The minimum atomic E-state index is -0.143. The molecule has 2 N–H and O–H groups in total. The molecule has 0 aliphatic carbocycles. The van der Waals surface area contributed by atoms with E-state index in [0.29, 0.717) is 6.04 Å². The summed E-state index contributed by atoms with van der Waals surface area (Å²) in [5, 5.41) is 6.66. The summed E-state index contributed by atoms with van der Waals surface area (Å²) in [6.07, 6.45) is 7.02. The third-order valence-corrected chi connectivity index (χ3v) is 7.03. The Labute approximate surface area is 171 Å². The van der Waals surface area contributed by atoms with Crippen LogP contribution in [0.25, 0.3) is 0 Å². The number of hydrogen-bond donors (Lipinski definition) is 2. The Balaban J connectivity index is 1.18. The molecule has 2 saturated heterocycles. The highest BCUT2D eigenvalue weighted by Gasteiger charge is 2.30. The van der Waals surface area contributed by atoms with Gasteiger partial charge < -0.3 is 20.4 Å². The van der Waals surface area contributed by atoms with Crippen LogP contribution in [0.5, 0.6) is 0 Å². The maximum Gasteiger partial charge on any atom is 0.243 e. The number of piperidine rings is 2. The van der Waals surface area contributed by atoms with E-state index in [1.165, 1.54) is 51.0 Å². The monoisotopic (exact) mass is 434 g/mol. The zero-order chi connectivity index (χ0) is 18.6. The van der Waals surface area contributed by atoms with Gasteiger partial charge in [0.25, 0.3) is 0 Å². The molecule has 0 bridgehead atoms. The fourth-order valence-electron chi connectivity index (χ4n) is 4.57. The smallest absolute Gasteiger partial charge is 0.243 e. The largest absolute Gasteiger partial charge is 0.373 e. The summed E-state index contributed by atoms with van der Waals surface area (Å²) >= 11 is 3.59. The molecule has 0 spiro atoms. The topological polar surface area (TPSA) is 47.6 Å². The Morgan fingerprint density at radius 2 is 1.78 bits per heavy atom. The van der Waals surface area contributed by atoms with Gasteiger partial charge in [0.05, 0.1) is 0 Å². The summed E-state index contributed by atoms with van der Waals surface area (Å²) in [7, 11) is 0. The number of nitrogens with one attached hydrogen (secondary N) is 2.